The predicted octanol–water partition coefficient (Wildman–Crippen LogP) is 5.02. The SMILES string of the molecule is CC.CCN(CCOC)c1ccc([C@H](C)NC(=O)OC(C)(C)C)cc1.[HH]. The summed E-state index contributed by atoms with van der Waals surface area (Å²) in [4.78, 5) is 14.1. The number of carbonyl (C=O) groups is 1. The van der Waals surface area contributed by atoms with Crippen LogP contribution < -0.4 is 10.2 Å². The van der Waals surface area contributed by atoms with Crippen LogP contribution in [-0.2, 0) is 9.47 Å². The Morgan fingerprint density at radius 2 is 1.80 bits per heavy atom. The zero-order valence-corrected chi connectivity index (χ0v) is 17.2. The molecule has 5 nitrogen and oxygen atoms in total. The minimum Gasteiger partial charge on any atom is -0.444 e. The number of hydrogen-bond acceptors (Lipinski definition) is 4. The second-order valence-corrected chi connectivity index (χ2v) is 6.53. The maximum atomic E-state index is 11.8. The van der Waals surface area contributed by atoms with E-state index in [0.717, 1.165) is 24.3 Å². The minimum absolute atomic E-state index is 0. The third kappa shape index (κ3) is 9.34. The van der Waals surface area contributed by atoms with Gasteiger partial charge in [0.2, 0.25) is 0 Å². The Kier molecular flexibility index (Phi) is 10.9. The quantitative estimate of drug-likeness (QED) is 0.747. The van der Waals surface area contributed by atoms with Gasteiger partial charge in [-0.3, -0.25) is 0 Å². The molecule has 0 unspecified atom stereocenters. The minimum atomic E-state index is -0.489. The molecule has 1 aromatic carbocycles. The Hall–Kier alpha value is -1.75. The van der Waals surface area contributed by atoms with Gasteiger partial charge in [-0.1, -0.05) is 26.0 Å². The Balaban J connectivity index is 0. The maximum absolute atomic E-state index is 11.8. The second kappa shape index (κ2) is 11.7. The molecule has 0 spiro atoms. The van der Waals surface area contributed by atoms with Crippen molar-refractivity contribution in [1.82, 2.24) is 5.32 Å². The molecule has 5 heteroatoms. The molecule has 0 aliphatic carbocycles. The van der Waals surface area contributed by atoms with Gasteiger partial charge in [0.25, 0.3) is 0 Å². The number of carbonyl (C=O) groups excluding carboxylic acids is 1. The fourth-order valence-electron chi connectivity index (χ4n) is 2.21. The van der Waals surface area contributed by atoms with Crippen LogP contribution >= 0.6 is 0 Å². The molecule has 0 aliphatic heterocycles. The van der Waals surface area contributed by atoms with Crippen molar-refractivity contribution in [2.75, 3.05) is 31.7 Å². The number of nitrogens with one attached hydrogen (secondary N) is 1. The lowest BCUT2D eigenvalue weighted by Gasteiger charge is -2.24. The Bertz CT molecular complexity index is 487. The number of alkyl carbamates (subject to hydrolysis) is 1. The summed E-state index contributed by atoms with van der Waals surface area (Å²) in [6.45, 7) is 16.1. The van der Waals surface area contributed by atoms with Gasteiger partial charge < -0.3 is 19.7 Å². The van der Waals surface area contributed by atoms with Crippen molar-refractivity contribution in [1.29, 1.82) is 0 Å². The van der Waals surface area contributed by atoms with Crippen molar-refractivity contribution >= 4 is 11.8 Å². The Morgan fingerprint density at radius 3 is 2.24 bits per heavy atom. The third-order valence-corrected chi connectivity index (χ3v) is 3.44. The van der Waals surface area contributed by atoms with Gasteiger partial charge in [-0.05, 0) is 52.3 Å². The van der Waals surface area contributed by atoms with Crippen molar-refractivity contribution in [2.45, 2.75) is 60.1 Å². The van der Waals surface area contributed by atoms with E-state index in [-0.39, 0.29) is 7.47 Å². The van der Waals surface area contributed by atoms with Crippen molar-refractivity contribution < 1.29 is 15.7 Å². The molecule has 1 rings (SSSR count). The molecule has 0 aliphatic rings. The average Bonchev–Trinajstić information content (AvgIpc) is 2.56. The highest BCUT2D eigenvalue weighted by molar-refractivity contribution is 5.68. The number of likely N-dealkylation sites (N-methyl/N-ethyl adjacent to an activating group) is 1. The monoisotopic (exact) mass is 354 g/mol. The lowest BCUT2D eigenvalue weighted by molar-refractivity contribution is 0.0508. The largest absolute Gasteiger partial charge is 0.444 e. The zero-order chi connectivity index (χ0) is 19.5. The van der Waals surface area contributed by atoms with E-state index in [9.17, 15) is 4.79 Å². The van der Waals surface area contributed by atoms with E-state index >= 15 is 0 Å². The van der Waals surface area contributed by atoms with E-state index in [0.29, 0.717) is 6.61 Å². The summed E-state index contributed by atoms with van der Waals surface area (Å²) in [5, 5.41) is 2.85. The molecule has 146 valence electrons. The number of hydrogen-bond donors (Lipinski definition) is 1. The van der Waals surface area contributed by atoms with Gasteiger partial charge in [-0.2, -0.15) is 0 Å². The van der Waals surface area contributed by atoms with Gasteiger partial charge in [0.15, 0.2) is 0 Å². The molecule has 0 bridgehead atoms. The fraction of sp³-hybridized carbons (Fsp3) is 0.650. The summed E-state index contributed by atoms with van der Waals surface area (Å²) in [5.41, 5.74) is 1.71. The van der Waals surface area contributed by atoms with Crippen molar-refractivity contribution in [3.63, 3.8) is 0 Å². The topological polar surface area (TPSA) is 50.8 Å². The van der Waals surface area contributed by atoms with Crippen LogP contribution in [0, 0.1) is 0 Å². The number of benzene rings is 1. The molecule has 0 saturated carbocycles. The van der Waals surface area contributed by atoms with Gasteiger partial charge in [0.05, 0.1) is 12.6 Å². The van der Waals surface area contributed by atoms with Gasteiger partial charge >= 0.3 is 6.09 Å². The highest BCUT2D eigenvalue weighted by Gasteiger charge is 2.18. The zero-order valence-electron chi connectivity index (χ0n) is 17.2. The summed E-state index contributed by atoms with van der Waals surface area (Å²) < 4.78 is 10.4. The number of anilines is 1. The van der Waals surface area contributed by atoms with Crippen LogP contribution in [0.15, 0.2) is 24.3 Å². The summed E-state index contributed by atoms with van der Waals surface area (Å²) in [6.07, 6.45) is -0.399. The Morgan fingerprint density at radius 1 is 1.24 bits per heavy atom. The molecular formula is C20H38N2O3. The number of amides is 1. The van der Waals surface area contributed by atoms with E-state index in [1.807, 2.05) is 53.7 Å². The van der Waals surface area contributed by atoms with E-state index in [2.05, 4.69) is 29.3 Å². The lowest BCUT2D eigenvalue weighted by Crippen LogP contribution is -2.34. The smallest absolute Gasteiger partial charge is 0.408 e. The Labute approximate surface area is 155 Å². The maximum Gasteiger partial charge on any atom is 0.408 e. The van der Waals surface area contributed by atoms with Crippen LogP contribution in [0.1, 0.15) is 61.5 Å². The van der Waals surface area contributed by atoms with E-state index < -0.39 is 11.7 Å². The highest BCUT2D eigenvalue weighted by Crippen LogP contribution is 2.19. The fourth-order valence-corrected chi connectivity index (χ4v) is 2.21. The summed E-state index contributed by atoms with van der Waals surface area (Å²) in [7, 11) is 1.71. The molecule has 0 fully saturated rings. The number of rotatable bonds is 7. The molecular weight excluding hydrogens is 316 g/mol. The van der Waals surface area contributed by atoms with Gasteiger partial charge in [-0.15, -0.1) is 0 Å². The normalized spacial score (nSPS) is 11.8. The van der Waals surface area contributed by atoms with E-state index in [4.69, 9.17) is 9.47 Å². The number of nitrogens with zero attached hydrogens (tertiary/aromatic N) is 1. The molecule has 0 heterocycles. The van der Waals surface area contributed by atoms with Crippen LogP contribution in [0.25, 0.3) is 0 Å². The van der Waals surface area contributed by atoms with Crippen LogP contribution in [0.5, 0.6) is 0 Å². The van der Waals surface area contributed by atoms with Crippen LogP contribution in [0.4, 0.5) is 10.5 Å². The number of ether oxygens (including phenoxy) is 2. The summed E-state index contributed by atoms with van der Waals surface area (Å²) in [6, 6.07) is 8.11. The first kappa shape index (κ1) is 23.2. The molecule has 1 aromatic rings. The molecule has 0 saturated heterocycles. The van der Waals surface area contributed by atoms with Crippen LogP contribution in [0.3, 0.4) is 0 Å². The average molecular weight is 355 g/mol. The molecule has 0 aromatic heterocycles. The van der Waals surface area contributed by atoms with Gasteiger partial charge in [-0.25, -0.2) is 4.79 Å². The first-order valence-corrected chi connectivity index (χ1v) is 9.10. The van der Waals surface area contributed by atoms with E-state index in [1.165, 1.54) is 0 Å². The lowest BCUT2D eigenvalue weighted by atomic mass is 10.1. The van der Waals surface area contributed by atoms with Crippen molar-refractivity contribution in [3.05, 3.63) is 29.8 Å². The number of methoxy groups -OCH3 is 1. The second-order valence-electron chi connectivity index (χ2n) is 6.53. The molecule has 1 atom stereocenters. The van der Waals surface area contributed by atoms with Crippen LogP contribution in [0.2, 0.25) is 0 Å². The first-order chi connectivity index (χ1) is 11.8. The third-order valence-electron chi connectivity index (χ3n) is 3.44. The molecule has 1 N–H and O–H groups in total. The highest BCUT2D eigenvalue weighted by atomic mass is 16.6. The van der Waals surface area contributed by atoms with Gasteiger partial charge in [0, 0.05) is 27.3 Å². The predicted molar refractivity (Wildman–Crippen MR) is 107 cm³/mol. The van der Waals surface area contributed by atoms with Crippen molar-refractivity contribution in [3.8, 4) is 0 Å². The van der Waals surface area contributed by atoms with Crippen LogP contribution in [-0.4, -0.2) is 38.5 Å². The first-order valence-electron chi connectivity index (χ1n) is 9.10. The van der Waals surface area contributed by atoms with E-state index in [1.54, 1.807) is 7.11 Å². The molecule has 0 radical (unpaired) electrons. The molecule has 25 heavy (non-hydrogen) atoms. The van der Waals surface area contributed by atoms with Gasteiger partial charge in [0.1, 0.15) is 5.60 Å². The standard InChI is InChI=1S/C18H30N2O3.C2H6.H2/c1-7-20(12-13-22-6)16-10-8-15(9-11-16)14(2)19-17(21)23-18(3,4)5;1-2;/h8-11,14H,7,12-13H2,1-6H3,(H,19,21);1-2H3;1H/t14-;;/m0../s1. The van der Waals surface area contributed by atoms with Crippen molar-refractivity contribution in [2.24, 2.45) is 0 Å². The summed E-state index contributed by atoms with van der Waals surface area (Å²) in [5.74, 6) is 0. The molecule has 1 amide bonds. The summed E-state index contributed by atoms with van der Waals surface area (Å²) >= 11 is 0.